The third-order valence-corrected chi connectivity index (χ3v) is 3.12. The van der Waals surface area contributed by atoms with Crippen molar-refractivity contribution in [1.29, 1.82) is 0 Å². The Kier molecular flexibility index (Phi) is 7.28. The number of carbonyl (C=O) groups excluding carboxylic acids is 2. The molecule has 1 atom stereocenters. The maximum absolute atomic E-state index is 13.7. The molecular formula is C15H20F2N2O3. The Hall–Kier alpha value is -2.18. The van der Waals surface area contributed by atoms with Crippen molar-refractivity contribution in [3.8, 4) is 0 Å². The van der Waals surface area contributed by atoms with E-state index in [9.17, 15) is 18.4 Å². The molecule has 0 bridgehead atoms. The van der Waals surface area contributed by atoms with Crippen molar-refractivity contribution in [2.45, 2.75) is 32.2 Å². The van der Waals surface area contributed by atoms with Crippen LogP contribution in [0.5, 0.6) is 0 Å². The lowest BCUT2D eigenvalue weighted by Crippen LogP contribution is -2.30. The maximum Gasteiger partial charge on any atom is 0.406 e. The molecule has 1 unspecified atom stereocenters. The zero-order chi connectivity index (χ0) is 16.5. The lowest BCUT2D eigenvalue weighted by Gasteiger charge is -2.18. The van der Waals surface area contributed by atoms with Crippen LogP contribution in [0.25, 0.3) is 0 Å². The van der Waals surface area contributed by atoms with E-state index < -0.39 is 23.8 Å². The van der Waals surface area contributed by atoms with Crippen LogP contribution in [-0.2, 0) is 9.53 Å². The topological polar surface area (TPSA) is 67.4 Å². The van der Waals surface area contributed by atoms with Gasteiger partial charge in [-0.3, -0.25) is 4.79 Å². The first kappa shape index (κ1) is 17.9. The van der Waals surface area contributed by atoms with Gasteiger partial charge in [-0.2, -0.15) is 0 Å². The molecule has 122 valence electrons. The second-order valence-corrected chi connectivity index (χ2v) is 4.72. The molecule has 22 heavy (non-hydrogen) atoms. The van der Waals surface area contributed by atoms with Crippen molar-refractivity contribution in [1.82, 2.24) is 10.6 Å². The fourth-order valence-electron chi connectivity index (χ4n) is 1.96. The van der Waals surface area contributed by atoms with Gasteiger partial charge in [-0.15, -0.1) is 0 Å². The summed E-state index contributed by atoms with van der Waals surface area (Å²) in [6, 6.07) is 2.78. The highest BCUT2D eigenvalue weighted by Crippen LogP contribution is 2.21. The van der Waals surface area contributed by atoms with E-state index in [1.807, 2.05) is 0 Å². The van der Waals surface area contributed by atoms with E-state index in [1.54, 1.807) is 6.92 Å². The number of hydrogen-bond donors (Lipinski definition) is 2. The van der Waals surface area contributed by atoms with Crippen molar-refractivity contribution < 1.29 is 23.1 Å². The summed E-state index contributed by atoms with van der Waals surface area (Å²) in [5, 5.41) is 5.16. The Balaban J connectivity index is 2.48. The third-order valence-electron chi connectivity index (χ3n) is 3.12. The Morgan fingerprint density at radius 1 is 1.32 bits per heavy atom. The smallest absolute Gasteiger partial charge is 0.406 e. The second kappa shape index (κ2) is 8.96. The Morgan fingerprint density at radius 2 is 2.05 bits per heavy atom. The van der Waals surface area contributed by atoms with Gasteiger partial charge >= 0.3 is 6.09 Å². The van der Waals surface area contributed by atoms with Crippen LogP contribution in [0.4, 0.5) is 13.6 Å². The standard InChI is InChI=1S/C15H20F2N2O3/c1-3-13(11-7-6-10(16)9-12(11)17)19-14(20)5-4-8-18-15(21)22-2/h6-7,9,13H,3-5,8H2,1-2H3,(H,18,21)(H,19,20). The molecule has 0 spiro atoms. The molecule has 0 aliphatic carbocycles. The van der Waals surface area contributed by atoms with Crippen LogP contribution in [0.15, 0.2) is 18.2 Å². The molecule has 2 N–H and O–H groups in total. The van der Waals surface area contributed by atoms with Crippen molar-refractivity contribution in [2.75, 3.05) is 13.7 Å². The molecule has 0 fully saturated rings. The van der Waals surface area contributed by atoms with Crippen LogP contribution in [-0.4, -0.2) is 25.7 Å². The predicted molar refractivity (Wildman–Crippen MR) is 77.2 cm³/mol. The number of carbonyl (C=O) groups is 2. The number of halogens is 2. The first-order valence-electron chi connectivity index (χ1n) is 7.04. The number of amides is 2. The van der Waals surface area contributed by atoms with Crippen molar-refractivity contribution in [2.24, 2.45) is 0 Å². The summed E-state index contributed by atoms with van der Waals surface area (Å²) >= 11 is 0. The fraction of sp³-hybridized carbons (Fsp3) is 0.467. The molecule has 1 aromatic rings. The molecule has 0 heterocycles. The van der Waals surface area contributed by atoms with Crippen molar-refractivity contribution >= 4 is 12.0 Å². The highest BCUT2D eigenvalue weighted by Gasteiger charge is 2.16. The van der Waals surface area contributed by atoms with Gasteiger partial charge in [0.1, 0.15) is 11.6 Å². The molecule has 0 aliphatic heterocycles. The van der Waals surface area contributed by atoms with E-state index in [1.165, 1.54) is 13.2 Å². The Morgan fingerprint density at radius 3 is 2.64 bits per heavy atom. The van der Waals surface area contributed by atoms with Crippen LogP contribution in [0.1, 0.15) is 37.8 Å². The first-order valence-corrected chi connectivity index (χ1v) is 7.04. The summed E-state index contributed by atoms with van der Waals surface area (Å²) in [4.78, 5) is 22.7. The van der Waals surface area contributed by atoms with Gasteiger partial charge in [-0.1, -0.05) is 13.0 Å². The maximum atomic E-state index is 13.7. The molecule has 0 aliphatic rings. The van der Waals surface area contributed by atoms with Crippen LogP contribution in [0, 0.1) is 11.6 Å². The largest absolute Gasteiger partial charge is 0.453 e. The van der Waals surface area contributed by atoms with Gasteiger partial charge in [0.15, 0.2) is 0 Å². The normalized spacial score (nSPS) is 11.6. The molecule has 0 radical (unpaired) electrons. The zero-order valence-corrected chi connectivity index (χ0v) is 12.6. The van der Waals surface area contributed by atoms with Crippen molar-refractivity contribution in [3.05, 3.63) is 35.4 Å². The minimum atomic E-state index is -0.681. The number of hydrogen-bond acceptors (Lipinski definition) is 3. The summed E-state index contributed by atoms with van der Waals surface area (Å²) in [7, 11) is 1.26. The van der Waals surface area contributed by atoms with Crippen LogP contribution < -0.4 is 10.6 Å². The highest BCUT2D eigenvalue weighted by atomic mass is 19.1. The third kappa shape index (κ3) is 5.67. The van der Waals surface area contributed by atoms with Crippen LogP contribution in [0.2, 0.25) is 0 Å². The van der Waals surface area contributed by atoms with E-state index in [-0.39, 0.29) is 17.9 Å². The van der Waals surface area contributed by atoms with Crippen LogP contribution >= 0.6 is 0 Å². The monoisotopic (exact) mass is 314 g/mol. The Labute approximate surface area is 128 Å². The molecule has 7 heteroatoms. The van der Waals surface area contributed by atoms with Gasteiger partial charge in [0.05, 0.1) is 13.2 Å². The van der Waals surface area contributed by atoms with Gasteiger partial charge in [0.25, 0.3) is 0 Å². The van der Waals surface area contributed by atoms with Crippen molar-refractivity contribution in [3.63, 3.8) is 0 Å². The van der Waals surface area contributed by atoms with E-state index in [4.69, 9.17) is 0 Å². The lowest BCUT2D eigenvalue weighted by atomic mass is 10.0. The number of benzene rings is 1. The molecule has 2 amide bonds. The van der Waals surface area contributed by atoms with Gasteiger partial charge < -0.3 is 15.4 Å². The predicted octanol–water partition coefficient (Wildman–Crippen LogP) is 2.67. The minimum Gasteiger partial charge on any atom is -0.453 e. The van der Waals surface area contributed by atoms with E-state index in [0.29, 0.717) is 19.4 Å². The fourth-order valence-corrected chi connectivity index (χ4v) is 1.96. The number of nitrogens with one attached hydrogen (secondary N) is 2. The summed E-state index contributed by atoms with van der Waals surface area (Å²) in [5.41, 5.74) is 0.255. The number of rotatable bonds is 7. The summed E-state index contributed by atoms with van der Waals surface area (Å²) in [5.74, 6) is -1.60. The molecule has 0 saturated carbocycles. The van der Waals surface area contributed by atoms with Gasteiger partial charge in [-0.25, -0.2) is 13.6 Å². The molecular weight excluding hydrogens is 294 g/mol. The first-order chi connectivity index (χ1) is 10.5. The summed E-state index contributed by atoms with van der Waals surface area (Å²) in [6.45, 7) is 2.11. The molecule has 0 saturated heterocycles. The highest BCUT2D eigenvalue weighted by molar-refractivity contribution is 5.76. The van der Waals surface area contributed by atoms with Gasteiger partial charge in [0, 0.05) is 24.6 Å². The average Bonchev–Trinajstić information content (AvgIpc) is 2.49. The van der Waals surface area contributed by atoms with E-state index in [0.717, 1.165) is 12.1 Å². The van der Waals surface area contributed by atoms with Crippen LogP contribution in [0.3, 0.4) is 0 Å². The summed E-state index contributed by atoms with van der Waals surface area (Å²) < 4.78 is 31.0. The quantitative estimate of drug-likeness (QED) is 0.760. The van der Waals surface area contributed by atoms with E-state index >= 15 is 0 Å². The number of alkyl carbamates (subject to hydrolysis) is 1. The zero-order valence-electron chi connectivity index (χ0n) is 12.6. The molecule has 1 rings (SSSR count). The number of methoxy groups -OCH3 is 1. The number of ether oxygens (including phenoxy) is 1. The van der Waals surface area contributed by atoms with Gasteiger partial charge in [0.2, 0.25) is 5.91 Å². The molecule has 1 aromatic carbocycles. The summed E-state index contributed by atoms with van der Waals surface area (Å²) in [6.07, 6.45) is 0.543. The average molecular weight is 314 g/mol. The lowest BCUT2D eigenvalue weighted by molar-refractivity contribution is -0.122. The van der Waals surface area contributed by atoms with E-state index in [2.05, 4.69) is 15.4 Å². The SMILES string of the molecule is CCC(NC(=O)CCCNC(=O)OC)c1ccc(F)cc1F. The molecule has 5 nitrogen and oxygen atoms in total. The second-order valence-electron chi connectivity index (χ2n) is 4.72. The minimum absolute atomic E-state index is 0.184. The Bertz CT molecular complexity index is 524. The molecule has 0 aromatic heterocycles. The van der Waals surface area contributed by atoms with Gasteiger partial charge in [-0.05, 0) is 18.9 Å².